The first-order valence-electron chi connectivity index (χ1n) is 47.7. The highest BCUT2D eigenvalue weighted by atomic mass is 16.8. The van der Waals surface area contributed by atoms with E-state index in [1.807, 2.05) is 6.08 Å². The smallest absolute Gasteiger partial charge is 0.364 e. The lowest BCUT2D eigenvalue weighted by atomic mass is 9.88. The fourth-order valence-corrected chi connectivity index (χ4v) is 16.7. The number of ether oxygens (including phenoxy) is 6. The number of aliphatic hydroxyl groups is 11. The van der Waals surface area contributed by atoms with Gasteiger partial charge in [0.25, 0.3) is 5.79 Å². The predicted molar refractivity (Wildman–Crippen MR) is 458 cm³/mol. The topological polar surface area (TPSA) is 373 Å². The van der Waals surface area contributed by atoms with Crippen LogP contribution in [0.5, 0.6) is 0 Å². The molecule has 3 aliphatic rings. The highest BCUT2D eigenvalue weighted by Crippen LogP contribution is 2.39. The summed E-state index contributed by atoms with van der Waals surface area (Å²) in [5, 5.41) is 137. The van der Waals surface area contributed by atoms with Crippen molar-refractivity contribution in [2.24, 2.45) is 0 Å². The van der Waals surface area contributed by atoms with Crippen molar-refractivity contribution in [2.75, 3.05) is 26.4 Å². The first-order chi connectivity index (χ1) is 56.4. The molecule has 0 spiro atoms. The minimum Gasteiger partial charge on any atom is -0.477 e. The van der Waals surface area contributed by atoms with Crippen LogP contribution in [0.4, 0.5) is 0 Å². The number of amides is 2. The van der Waals surface area contributed by atoms with Crippen LogP contribution in [0.1, 0.15) is 412 Å². The summed E-state index contributed by atoms with van der Waals surface area (Å²) in [5.74, 6) is -6.13. The Morgan fingerprint density at radius 3 is 1.17 bits per heavy atom. The van der Waals surface area contributed by atoms with Crippen LogP contribution >= 0.6 is 0 Å². The Morgan fingerprint density at radius 1 is 0.448 bits per heavy atom. The monoisotopic (exact) mass is 1660 g/mol. The second kappa shape index (κ2) is 70.6. The molecule has 3 fully saturated rings. The Balaban J connectivity index is 1.40. The molecule has 0 bridgehead atoms. The number of carbonyl (C=O) groups excluding carboxylic acids is 2. The fraction of sp³-hybridized carbons (Fsp3) is 0.925. The first kappa shape index (κ1) is 107. The number of nitrogens with one attached hydrogen (secondary N) is 2. The third-order valence-electron chi connectivity index (χ3n) is 24.1. The largest absolute Gasteiger partial charge is 0.477 e. The van der Waals surface area contributed by atoms with E-state index in [2.05, 4.69) is 36.6 Å². The zero-order valence-corrected chi connectivity index (χ0v) is 73.1. The number of allylic oxidation sites excluding steroid dienone is 3. The average Bonchev–Trinajstić information content (AvgIpc) is 0.751. The van der Waals surface area contributed by atoms with Crippen molar-refractivity contribution in [1.82, 2.24) is 10.6 Å². The van der Waals surface area contributed by atoms with Gasteiger partial charge in [-0.15, -0.1) is 0 Å². The third kappa shape index (κ3) is 48.3. The Hall–Kier alpha value is -2.79. The SMILES string of the molecule is CCCCCCCCCCCCCCCCCCCC/C=C\CCCCCCCCCCCCCCCCCCCC(=O)NC(COC1OC(CO)C(OC2OC(CO)C(O)C(OC3(C(=O)O)CC(O)C(NC(C)=O)C(C(O)C(O)CO)O3)C2O)C(O)C1O)C(O)/C=C/CCCCCCCCCCCCCCCCCCCCCCC. The number of carboxylic acid groups (broad SMARTS) is 1. The second-order valence-corrected chi connectivity index (χ2v) is 34.6. The molecule has 3 saturated heterocycles. The van der Waals surface area contributed by atoms with E-state index in [1.165, 1.54) is 321 Å². The van der Waals surface area contributed by atoms with Crippen molar-refractivity contribution < 1.29 is 104 Å². The molecule has 0 aromatic carbocycles. The Morgan fingerprint density at radius 2 is 0.810 bits per heavy atom. The molecule has 3 heterocycles. The zero-order chi connectivity index (χ0) is 84.5. The number of aliphatic carboxylic acids is 1. The lowest BCUT2D eigenvalue weighted by Gasteiger charge is -2.50. The normalized spacial score (nSPS) is 25.0. The maximum Gasteiger partial charge on any atom is 0.364 e. The van der Waals surface area contributed by atoms with E-state index >= 15 is 0 Å². The minimum atomic E-state index is -3.08. The van der Waals surface area contributed by atoms with E-state index in [1.54, 1.807) is 6.08 Å². The van der Waals surface area contributed by atoms with Crippen LogP contribution in [-0.4, -0.2) is 215 Å². The highest BCUT2D eigenvalue weighted by molar-refractivity contribution is 5.77. The summed E-state index contributed by atoms with van der Waals surface area (Å²) in [6.07, 6.45) is 55.3. The maximum absolute atomic E-state index is 13.6. The van der Waals surface area contributed by atoms with Gasteiger partial charge in [0.15, 0.2) is 12.6 Å². The van der Waals surface area contributed by atoms with Crippen molar-refractivity contribution >= 4 is 17.8 Å². The molecule has 18 unspecified atom stereocenters. The summed E-state index contributed by atoms with van der Waals surface area (Å²) in [6.45, 7) is 2.22. The van der Waals surface area contributed by atoms with Crippen LogP contribution in [-0.2, 0) is 42.8 Å². The third-order valence-corrected chi connectivity index (χ3v) is 24.1. The lowest BCUT2D eigenvalue weighted by molar-refractivity contribution is -0.386. The van der Waals surface area contributed by atoms with Crippen molar-refractivity contribution in [2.45, 2.75) is 522 Å². The van der Waals surface area contributed by atoms with Gasteiger partial charge in [-0.25, -0.2) is 4.79 Å². The maximum atomic E-state index is 13.6. The van der Waals surface area contributed by atoms with E-state index in [9.17, 15) is 75.7 Å². The second-order valence-electron chi connectivity index (χ2n) is 34.6. The molecule has 3 rings (SSSR count). The molecule has 0 aromatic rings. The van der Waals surface area contributed by atoms with E-state index in [0.717, 1.165) is 51.9 Å². The van der Waals surface area contributed by atoms with Crippen LogP contribution in [0.25, 0.3) is 0 Å². The van der Waals surface area contributed by atoms with Crippen LogP contribution in [0.15, 0.2) is 24.3 Å². The molecule has 0 saturated carbocycles. The summed E-state index contributed by atoms with van der Waals surface area (Å²) in [5.41, 5.74) is 0. The molecule has 18 atom stereocenters. The number of hydrogen-bond acceptors (Lipinski definition) is 20. The molecule has 3 aliphatic heterocycles. The molecule has 682 valence electrons. The molecule has 23 nitrogen and oxygen atoms in total. The lowest BCUT2D eigenvalue weighted by Crippen LogP contribution is -2.70. The van der Waals surface area contributed by atoms with Crippen LogP contribution < -0.4 is 10.6 Å². The van der Waals surface area contributed by atoms with Gasteiger partial charge in [-0.1, -0.05) is 372 Å². The predicted octanol–water partition coefficient (Wildman–Crippen LogP) is 16.2. The molecule has 2 amide bonds. The molecule has 0 aromatic heterocycles. The number of carbonyl (C=O) groups is 3. The van der Waals surface area contributed by atoms with Gasteiger partial charge >= 0.3 is 5.97 Å². The quantitative estimate of drug-likeness (QED) is 0.0199. The molecule has 0 aliphatic carbocycles. The van der Waals surface area contributed by atoms with Crippen LogP contribution in [0.2, 0.25) is 0 Å². The minimum absolute atomic E-state index is 0.204. The molecule has 23 heteroatoms. The first-order valence-corrected chi connectivity index (χ1v) is 47.7. The van der Waals surface area contributed by atoms with Gasteiger partial charge in [-0.2, -0.15) is 0 Å². The number of aliphatic hydroxyl groups excluding tert-OH is 11. The number of carboxylic acids is 1. The van der Waals surface area contributed by atoms with Crippen LogP contribution in [0, 0.1) is 0 Å². The summed E-state index contributed by atoms with van der Waals surface area (Å²) >= 11 is 0. The Kier molecular flexibility index (Phi) is 65.4. The Labute approximate surface area is 702 Å². The van der Waals surface area contributed by atoms with E-state index in [-0.39, 0.29) is 12.3 Å². The van der Waals surface area contributed by atoms with Gasteiger partial charge in [-0.3, -0.25) is 9.59 Å². The van der Waals surface area contributed by atoms with Gasteiger partial charge in [0.05, 0.1) is 50.7 Å². The van der Waals surface area contributed by atoms with Crippen LogP contribution in [0.3, 0.4) is 0 Å². The summed E-state index contributed by atoms with van der Waals surface area (Å²) in [6, 6.07) is -2.62. The van der Waals surface area contributed by atoms with Crippen molar-refractivity contribution in [3.05, 3.63) is 24.3 Å². The van der Waals surface area contributed by atoms with Gasteiger partial charge in [0.1, 0.15) is 67.1 Å². The van der Waals surface area contributed by atoms with Crippen molar-refractivity contribution in [3.63, 3.8) is 0 Å². The van der Waals surface area contributed by atoms with E-state index < -0.39 is 155 Å². The Bertz CT molecular complexity index is 2380. The molecule has 0 radical (unpaired) electrons. The summed E-state index contributed by atoms with van der Waals surface area (Å²) in [7, 11) is 0. The van der Waals surface area contributed by atoms with Gasteiger partial charge < -0.3 is 100 Å². The fourth-order valence-electron chi connectivity index (χ4n) is 16.7. The standard InChI is InChI=1S/C93H174N2O21/c1-4-6-8-10-12-14-16-18-20-22-24-26-28-29-30-31-32-33-34-35-36-37-38-39-40-41-42-43-45-47-49-51-53-55-57-59-61-63-65-67-80(103)95-74(75(100)66-64-62-60-58-56-54-52-50-48-46-44-27-25-23-21-19-17-15-13-11-9-7-5-2)72-111-90-85(107)84(106)87(79(71-98)113-90)114-91-86(108)89(83(105)78(70-97)112-91)116-93(92(109)110)68-76(101)81(94-73(3)99)88(115-93)82(104)77(102)69-96/h35-36,64,66,74-79,81-91,96-98,100-102,104-108H,4-34,37-63,65,67-72H2,1-3H3,(H,94,99)(H,95,103)(H,109,110)/b36-35-,66-64+. The van der Waals surface area contributed by atoms with Crippen molar-refractivity contribution in [3.8, 4) is 0 Å². The van der Waals surface area contributed by atoms with E-state index in [0.29, 0.717) is 12.8 Å². The zero-order valence-electron chi connectivity index (χ0n) is 73.1. The summed E-state index contributed by atoms with van der Waals surface area (Å²) < 4.78 is 35.0. The van der Waals surface area contributed by atoms with Gasteiger partial charge in [0, 0.05) is 19.8 Å². The van der Waals surface area contributed by atoms with Gasteiger partial charge in [0.2, 0.25) is 11.8 Å². The summed E-state index contributed by atoms with van der Waals surface area (Å²) in [4.78, 5) is 38.8. The van der Waals surface area contributed by atoms with Crippen molar-refractivity contribution in [1.29, 1.82) is 0 Å². The van der Waals surface area contributed by atoms with Gasteiger partial charge in [-0.05, 0) is 44.9 Å². The molecule has 14 N–H and O–H groups in total. The highest BCUT2D eigenvalue weighted by Gasteiger charge is 2.60. The number of rotatable bonds is 78. The molecular weight excluding hydrogens is 1480 g/mol. The van der Waals surface area contributed by atoms with E-state index in [4.69, 9.17) is 28.4 Å². The average molecular weight is 1660 g/mol. The number of hydrogen-bond donors (Lipinski definition) is 14. The number of unbranched alkanes of at least 4 members (excludes halogenated alkanes) is 56. The molecular formula is C93H174N2O21. The molecule has 116 heavy (non-hydrogen) atoms.